The molecule has 1 aliphatic rings. The van der Waals surface area contributed by atoms with Crippen LogP contribution in [-0.2, 0) is 14.3 Å². The highest BCUT2D eigenvalue weighted by atomic mass is 16.5. The molecule has 0 aliphatic heterocycles. The fraction of sp³-hybridized carbons (Fsp3) is 0.438. The molecule has 0 atom stereocenters. The average Bonchev–Trinajstić information content (AvgIpc) is 3.31. The first-order valence-electron chi connectivity index (χ1n) is 7.27. The molecule has 1 saturated carbocycles. The fourth-order valence-electron chi connectivity index (χ4n) is 2.30. The van der Waals surface area contributed by atoms with Gasteiger partial charge < -0.3 is 15.0 Å². The molecule has 0 radical (unpaired) electrons. The highest BCUT2D eigenvalue weighted by Gasteiger charge is 2.30. The minimum atomic E-state index is -0.501. The Morgan fingerprint density at radius 2 is 1.95 bits per heavy atom. The summed E-state index contributed by atoms with van der Waals surface area (Å²) in [6.45, 7) is 1.91. The molecule has 0 spiro atoms. The lowest BCUT2D eigenvalue weighted by Crippen LogP contribution is -2.33. The number of nitrogens with zero attached hydrogens (tertiary/aromatic N) is 1. The second-order valence-electron chi connectivity index (χ2n) is 5.28. The van der Waals surface area contributed by atoms with Crippen molar-refractivity contribution in [2.24, 2.45) is 0 Å². The molecule has 1 aromatic carbocycles. The second kappa shape index (κ2) is 7.06. The monoisotopic (exact) mass is 304 g/mol. The second-order valence-corrected chi connectivity index (χ2v) is 5.28. The molecule has 118 valence electrons. The molecule has 0 bridgehead atoms. The van der Waals surface area contributed by atoms with Gasteiger partial charge >= 0.3 is 5.97 Å². The largest absolute Gasteiger partial charge is 0.465 e. The van der Waals surface area contributed by atoms with Crippen molar-refractivity contribution in [3.05, 3.63) is 29.8 Å². The van der Waals surface area contributed by atoms with Crippen molar-refractivity contribution in [1.82, 2.24) is 4.90 Å². The molecule has 1 aliphatic carbocycles. The number of methoxy groups -OCH3 is 1. The molecule has 0 unspecified atom stereocenters. The summed E-state index contributed by atoms with van der Waals surface area (Å²) in [5, 5.41) is 2.70. The van der Waals surface area contributed by atoms with Crippen LogP contribution < -0.4 is 5.32 Å². The summed E-state index contributed by atoms with van der Waals surface area (Å²) in [5.41, 5.74) is 0.726. The van der Waals surface area contributed by atoms with Gasteiger partial charge in [0.1, 0.15) is 0 Å². The molecule has 6 nitrogen and oxygen atoms in total. The molecule has 0 aromatic heterocycles. The number of hydrogen-bond acceptors (Lipinski definition) is 4. The summed E-state index contributed by atoms with van der Waals surface area (Å²) in [7, 11) is 1.29. The molecule has 1 N–H and O–H groups in total. The number of anilines is 1. The lowest BCUT2D eigenvalue weighted by atomic mass is 10.1. The zero-order valence-corrected chi connectivity index (χ0v) is 12.8. The van der Waals surface area contributed by atoms with Gasteiger partial charge in [0.25, 0.3) is 0 Å². The van der Waals surface area contributed by atoms with Crippen molar-refractivity contribution in [1.29, 1.82) is 0 Å². The number of benzene rings is 1. The number of carbonyl (C=O) groups is 3. The standard InChI is InChI=1S/C16H20N2O4/c1-11(19)18(12-7-8-12)10-9-15(20)17-14-6-4-3-5-13(14)16(21)22-2/h3-6,12H,7-10H2,1-2H3,(H,17,20). The molecule has 1 aromatic rings. The van der Waals surface area contributed by atoms with Crippen LogP contribution in [0.5, 0.6) is 0 Å². The van der Waals surface area contributed by atoms with Crippen molar-refractivity contribution in [2.45, 2.75) is 32.2 Å². The van der Waals surface area contributed by atoms with Gasteiger partial charge in [0.05, 0.1) is 18.4 Å². The van der Waals surface area contributed by atoms with Crippen LogP contribution in [0.4, 0.5) is 5.69 Å². The van der Waals surface area contributed by atoms with Gasteiger partial charge in [-0.3, -0.25) is 9.59 Å². The first-order chi connectivity index (χ1) is 10.5. The molecule has 6 heteroatoms. The maximum absolute atomic E-state index is 12.0. The Labute approximate surface area is 129 Å². The van der Waals surface area contributed by atoms with Crippen LogP contribution in [0.2, 0.25) is 0 Å². The molecule has 0 saturated heterocycles. The van der Waals surface area contributed by atoms with Crippen LogP contribution in [0.3, 0.4) is 0 Å². The summed E-state index contributed by atoms with van der Waals surface area (Å²) in [5.74, 6) is -0.743. The van der Waals surface area contributed by atoms with Crippen molar-refractivity contribution in [3.63, 3.8) is 0 Å². The topological polar surface area (TPSA) is 75.7 Å². The summed E-state index contributed by atoms with van der Waals surface area (Å²) in [6, 6.07) is 6.95. The third kappa shape index (κ3) is 4.07. The Hall–Kier alpha value is -2.37. The van der Waals surface area contributed by atoms with E-state index in [-0.39, 0.29) is 24.3 Å². The van der Waals surface area contributed by atoms with Crippen LogP contribution in [0.25, 0.3) is 0 Å². The molecule has 1 fully saturated rings. The summed E-state index contributed by atoms with van der Waals surface area (Å²) in [4.78, 5) is 36.9. The van der Waals surface area contributed by atoms with E-state index in [2.05, 4.69) is 10.1 Å². The van der Waals surface area contributed by atoms with Gasteiger partial charge in [-0.05, 0) is 25.0 Å². The minimum Gasteiger partial charge on any atom is -0.465 e. The number of esters is 1. The number of hydrogen-bond donors (Lipinski definition) is 1. The number of rotatable bonds is 6. The molecule has 2 amide bonds. The zero-order valence-electron chi connectivity index (χ0n) is 12.8. The van der Waals surface area contributed by atoms with Crippen LogP contribution in [-0.4, -0.2) is 42.4 Å². The average molecular weight is 304 g/mol. The highest BCUT2D eigenvalue weighted by molar-refractivity contribution is 6.01. The van der Waals surface area contributed by atoms with Gasteiger partial charge in [0.15, 0.2) is 0 Å². The number of ether oxygens (including phenoxy) is 1. The summed E-state index contributed by atoms with van der Waals surface area (Å²) >= 11 is 0. The number of amides is 2. The Bertz CT molecular complexity index is 581. The summed E-state index contributed by atoms with van der Waals surface area (Å²) < 4.78 is 4.68. The number of para-hydroxylation sites is 1. The molecular weight excluding hydrogens is 284 g/mol. The Kier molecular flexibility index (Phi) is 5.14. The number of nitrogens with one attached hydrogen (secondary N) is 1. The van der Waals surface area contributed by atoms with E-state index in [1.54, 1.807) is 29.2 Å². The lowest BCUT2D eigenvalue weighted by Gasteiger charge is -2.20. The van der Waals surface area contributed by atoms with Crippen LogP contribution in [0.15, 0.2) is 24.3 Å². The van der Waals surface area contributed by atoms with Crippen molar-refractivity contribution >= 4 is 23.5 Å². The number of carbonyl (C=O) groups excluding carboxylic acids is 3. The van der Waals surface area contributed by atoms with E-state index in [1.807, 2.05) is 0 Å². The Balaban J connectivity index is 1.94. The maximum atomic E-state index is 12.0. The predicted molar refractivity (Wildman–Crippen MR) is 81.4 cm³/mol. The minimum absolute atomic E-state index is 0.00902. The van der Waals surface area contributed by atoms with E-state index in [0.29, 0.717) is 17.8 Å². The molecular formula is C16H20N2O4. The van der Waals surface area contributed by atoms with Crippen molar-refractivity contribution in [3.8, 4) is 0 Å². The predicted octanol–water partition coefficient (Wildman–Crippen LogP) is 1.81. The van der Waals surface area contributed by atoms with Crippen LogP contribution >= 0.6 is 0 Å². The quantitative estimate of drug-likeness (QED) is 0.813. The molecule has 0 heterocycles. The van der Waals surface area contributed by atoms with Crippen molar-refractivity contribution in [2.75, 3.05) is 19.0 Å². The van der Waals surface area contributed by atoms with Gasteiger partial charge in [0, 0.05) is 25.9 Å². The van der Waals surface area contributed by atoms with E-state index >= 15 is 0 Å². The van der Waals surface area contributed by atoms with E-state index in [4.69, 9.17) is 0 Å². The van der Waals surface area contributed by atoms with E-state index in [9.17, 15) is 14.4 Å². The van der Waals surface area contributed by atoms with Gasteiger partial charge in [-0.25, -0.2) is 4.79 Å². The fourth-order valence-corrected chi connectivity index (χ4v) is 2.30. The molecule has 22 heavy (non-hydrogen) atoms. The Morgan fingerprint density at radius 3 is 2.55 bits per heavy atom. The SMILES string of the molecule is COC(=O)c1ccccc1NC(=O)CCN(C(C)=O)C1CC1. The van der Waals surface area contributed by atoms with Gasteiger partial charge in [0.2, 0.25) is 11.8 Å². The van der Waals surface area contributed by atoms with E-state index in [0.717, 1.165) is 12.8 Å². The lowest BCUT2D eigenvalue weighted by molar-refractivity contribution is -0.129. The summed E-state index contributed by atoms with van der Waals surface area (Å²) in [6.07, 6.45) is 2.21. The zero-order chi connectivity index (χ0) is 16.1. The Morgan fingerprint density at radius 1 is 1.27 bits per heavy atom. The van der Waals surface area contributed by atoms with Crippen LogP contribution in [0, 0.1) is 0 Å². The first kappa shape index (κ1) is 16.0. The normalized spacial score (nSPS) is 13.4. The van der Waals surface area contributed by atoms with Gasteiger partial charge in [-0.15, -0.1) is 0 Å². The smallest absolute Gasteiger partial charge is 0.339 e. The van der Waals surface area contributed by atoms with E-state index in [1.165, 1.54) is 14.0 Å². The molecule has 2 rings (SSSR count). The van der Waals surface area contributed by atoms with Gasteiger partial charge in [-0.2, -0.15) is 0 Å². The van der Waals surface area contributed by atoms with Crippen molar-refractivity contribution < 1.29 is 19.1 Å². The maximum Gasteiger partial charge on any atom is 0.339 e. The van der Waals surface area contributed by atoms with Crippen LogP contribution in [0.1, 0.15) is 36.5 Å². The highest BCUT2D eigenvalue weighted by Crippen LogP contribution is 2.27. The van der Waals surface area contributed by atoms with E-state index < -0.39 is 5.97 Å². The third-order valence-electron chi connectivity index (χ3n) is 3.58. The third-order valence-corrected chi connectivity index (χ3v) is 3.58. The van der Waals surface area contributed by atoms with Gasteiger partial charge in [-0.1, -0.05) is 12.1 Å². The first-order valence-corrected chi connectivity index (χ1v) is 7.27.